The molecule has 170 valence electrons. The van der Waals surface area contributed by atoms with Crippen molar-refractivity contribution in [1.82, 2.24) is 0 Å². The Balaban J connectivity index is 1.74. The maximum atomic E-state index is 7.27. The Kier molecular flexibility index (Phi) is 5.80. The van der Waals surface area contributed by atoms with E-state index in [-0.39, 0.29) is 0 Å². The standard InChI is InChI=1S/C32H25O2P/c1-6-16-26(17-7-1)31(27-18-8-2-9-19-27)32(28-20-10-3-11-21-28,29-22-12-4-13-23-29)34-35(33-31)30-24-14-5-15-25-30/h1-25H. The SMILES string of the molecule is c1ccc(P2OC(c3ccccc3)(c3ccccc3)C(c3ccccc3)(c3ccccc3)O2)cc1. The van der Waals surface area contributed by atoms with Gasteiger partial charge in [0.05, 0.1) is 0 Å². The van der Waals surface area contributed by atoms with Crippen LogP contribution >= 0.6 is 8.38 Å². The monoisotopic (exact) mass is 472 g/mol. The first-order valence-electron chi connectivity index (χ1n) is 11.8. The Morgan fingerprint density at radius 2 is 0.600 bits per heavy atom. The summed E-state index contributed by atoms with van der Waals surface area (Å²) < 4.78 is 14.5. The molecule has 0 unspecified atom stereocenters. The Hall–Kier alpha value is -3.55. The molecule has 1 saturated heterocycles. The Labute approximate surface area is 207 Å². The van der Waals surface area contributed by atoms with E-state index in [9.17, 15) is 0 Å². The second-order valence-corrected chi connectivity index (χ2v) is 10.00. The topological polar surface area (TPSA) is 18.5 Å². The predicted molar refractivity (Wildman–Crippen MR) is 142 cm³/mol. The highest BCUT2D eigenvalue weighted by Crippen LogP contribution is 2.69. The quantitative estimate of drug-likeness (QED) is 0.246. The van der Waals surface area contributed by atoms with Crippen molar-refractivity contribution in [2.24, 2.45) is 0 Å². The fraction of sp³-hybridized carbons (Fsp3) is 0.0625. The second kappa shape index (κ2) is 9.24. The van der Waals surface area contributed by atoms with Gasteiger partial charge in [0.1, 0.15) is 0 Å². The lowest BCUT2D eigenvalue weighted by molar-refractivity contribution is 0.00370. The van der Waals surface area contributed by atoms with Gasteiger partial charge in [-0.05, 0) is 34.4 Å². The normalized spacial score (nSPS) is 16.7. The molecule has 0 spiro atoms. The molecule has 1 heterocycles. The van der Waals surface area contributed by atoms with Crippen molar-refractivity contribution in [1.29, 1.82) is 0 Å². The minimum Gasteiger partial charge on any atom is -0.310 e. The molecule has 0 radical (unpaired) electrons. The fourth-order valence-electron chi connectivity index (χ4n) is 5.10. The zero-order valence-corrected chi connectivity index (χ0v) is 20.1. The molecule has 0 amide bonds. The Morgan fingerprint density at radius 1 is 0.343 bits per heavy atom. The highest BCUT2D eigenvalue weighted by atomic mass is 31.2. The van der Waals surface area contributed by atoms with Gasteiger partial charge in [-0.3, -0.25) is 0 Å². The number of rotatable bonds is 5. The van der Waals surface area contributed by atoms with Crippen LogP contribution in [0.4, 0.5) is 0 Å². The largest absolute Gasteiger partial charge is 0.310 e. The predicted octanol–water partition coefficient (Wildman–Crippen LogP) is 7.56. The van der Waals surface area contributed by atoms with Crippen LogP contribution in [0.2, 0.25) is 0 Å². The van der Waals surface area contributed by atoms with E-state index in [1.807, 2.05) is 42.5 Å². The maximum Gasteiger partial charge on any atom is 0.207 e. The van der Waals surface area contributed by atoms with Gasteiger partial charge in [0, 0.05) is 5.30 Å². The molecular weight excluding hydrogens is 447 g/mol. The summed E-state index contributed by atoms with van der Waals surface area (Å²) in [7, 11) is -1.41. The van der Waals surface area contributed by atoms with Crippen molar-refractivity contribution < 1.29 is 9.05 Å². The molecule has 0 N–H and O–H groups in total. The molecule has 1 fully saturated rings. The van der Waals surface area contributed by atoms with Crippen molar-refractivity contribution in [3.05, 3.63) is 174 Å². The van der Waals surface area contributed by atoms with Crippen molar-refractivity contribution in [2.45, 2.75) is 11.2 Å². The fourth-order valence-corrected chi connectivity index (χ4v) is 6.94. The van der Waals surface area contributed by atoms with Gasteiger partial charge in [0.25, 0.3) is 0 Å². The van der Waals surface area contributed by atoms with E-state index >= 15 is 0 Å². The van der Waals surface area contributed by atoms with Crippen LogP contribution in [-0.2, 0) is 20.2 Å². The molecule has 0 atom stereocenters. The van der Waals surface area contributed by atoms with E-state index in [1.54, 1.807) is 0 Å². The summed E-state index contributed by atoms with van der Waals surface area (Å²) in [5.74, 6) is 0. The van der Waals surface area contributed by atoms with E-state index in [2.05, 4.69) is 109 Å². The molecule has 0 saturated carbocycles. The van der Waals surface area contributed by atoms with Crippen LogP contribution in [0.25, 0.3) is 0 Å². The highest BCUT2D eigenvalue weighted by molar-refractivity contribution is 7.56. The lowest BCUT2D eigenvalue weighted by atomic mass is 9.66. The summed E-state index contributed by atoms with van der Waals surface area (Å²) in [6.07, 6.45) is 0. The summed E-state index contributed by atoms with van der Waals surface area (Å²) in [6, 6.07) is 52.3. The number of hydrogen-bond acceptors (Lipinski definition) is 2. The van der Waals surface area contributed by atoms with Gasteiger partial charge in [-0.1, -0.05) is 140 Å². The van der Waals surface area contributed by atoms with Crippen molar-refractivity contribution >= 4 is 13.7 Å². The van der Waals surface area contributed by atoms with E-state index in [4.69, 9.17) is 9.05 Å². The summed E-state index contributed by atoms with van der Waals surface area (Å²) >= 11 is 0. The van der Waals surface area contributed by atoms with Crippen molar-refractivity contribution in [3.63, 3.8) is 0 Å². The van der Waals surface area contributed by atoms with Crippen LogP contribution in [-0.4, -0.2) is 0 Å². The van der Waals surface area contributed by atoms with E-state index in [0.29, 0.717) is 0 Å². The summed E-state index contributed by atoms with van der Waals surface area (Å²) in [5, 5.41) is 1.05. The average Bonchev–Trinajstić information content (AvgIpc) is 3.34. The van der Waals surface area contributed by atoms with Crippen molar-refractivity contribution in [2.75, 3.05) is 0 Å². The van der Waals surface area contributed by atoms with Crippen LogP contribution in [0.3, 0.4) is 0 Å². The molecule has 5 aromatic carbocycles. The third-order valence-electron chi connectivity index (χ3n) is 6.62. The molecule has 0 aromatic heterocycles. The first-order valence-corrected chi connectivity index (χ1v) is 13.0. The van der Waals surface area contributed by atoms with Crippen LogP contribution in [0.5, 0.6) is 0 Å². The molecule has 1 aliphatic rings. The third-order valence-corrected chi connectivity index (χ3v) is 8.22. The Morgan fingerprint density at radius 3 is 0.886 bits per heavy atom. The summed E-state index contributed by atoms with van der Waals surface area (Å²) in [4.78, 5) is 0. The van der Waals surface area contributed by atoms with Crippen molar-refractivity contribution in [3.8, 4) is 0 Å². The van der Waals surface area contributed by atoms with E-state index in [1.165, 1.54) is 0 Å². The third kappa shape index (κ3) is 3.54. The minimum atomic E-state index is -1.41. The first-order chi connectivity index (χ1) is 17.3. The van der Waals surface area contributed by atoms with Gasteiger partial charge in [-0.25, -0.2) is 0 Å². The lowest BCUT2D eigenvalue weighted by Gasteiger charge is -2.44. The van der Waals surface area contributed by atoms with Gasteiger partial charge in [-0.2, -0.15) is 0 Å². The first kappa shape index (κ1) is 21.9. The molecule has 0 bridgehead atoms. The average molecular weight is 473 g/mol. The van der Waals surface area contributed by atoms with E-state index in [0.717, 1.165) is 27.6 Å². The Bertz CT molecular complexity index is 1200. The molecule has 1 aliphatic heterocycles. The smallest absolute Gasteiger partial charge is 0.207 e. The van der Waals surface area contributed by atoms with Crippen LogP contribution in [0, 0.1) is 0 Å². The summed E-state index contributed by atoms with van der Waals surface area (Å²) in [6.45, 7) is 0. The molecule has 2 nitrogen and oxygen atoms in total. The van der Waals surface area contributed by atoms with Gasteiger partial charge in [0.2, 0.25) is 8.38 Å². The van der Waals surface area contributed by atoms with Gasteiger partial charge < -0.3 is 9.05 Å². The highest BCUT2D eigenvalue weighted by Gasteiger charge is 2.65. The minimum absolute atomic E-state index is 0.917. The number of hydrogen-bond donors (Lipinski definition) is 0. The van der Waals surface area contributed by atoms with Gasteiger partial charge in [-0.15, -0.1) is 0 Å². The molecule has 35 heavy (non-hydrogen) atoms. The van der Waals surface area contributed by atoms with Gasteiger partial charge in [0.15, 0.2) is 11.2 Å². The molecular formula is C32H25O2P. The molecule has 6 rings (SSSR count). The van der Waals surface area contributed by atoms with Crippen LogP contribution < -0.4 is 5.30 Å². The summed E-state index contributed by atoms with van der Waals surface area (Å²) in [5.41, 5.74) is 2.39. The second-order valence-electron chi connectivity index (χ2n) is 8.60. The zero-order chi connectivity index (χ0) is 23.6. The molecule has 3 heteroatoms. The molecule has 0 aliphatic carbocycles. The number of benzene rings is 5. The zero-order valence-electron chi connectivity index (χ0n) is 19.2. The van der Waals surface area contributed by atoms with E-state index < -0.39 is 19.6 Å². The maximum absolute atomic E-state index is 7.27. The van der Waals surface area contributed by atoms with Gasteiger partial charge >= 0.3 is 0 Å². The molecule has 5 aromatic rings. The lowest BCUT2D eigenvalue weighted by Crippen LogP contribution is -2.48. The van der Waals surface area contributed by atoms with Crippen LogP contribution in [0.15, 0.2) is 152 Å². The van der Waals surface area contributed by atoms with Crippen LogP contribution in [0.1, 0.15) is 22.3 Å².